The third-order valence-electron chi connectivity index (χ3n) is 3.81. The molecule has 0 saturated carbocycles. The highest BCUT2D eigenvalue weighted by molar-refractivity contribution is 5.86. The van der Waals surface area contributed by atoms with Crippen molar-refractivity contribution in [3.63, 3.8) is 0 Å². The van der Waals surface area contributed by atoms with Gasteiger partial charge in [-0.15, -0.1) is 0 Å². The molecule has 1 amide bonds. The number of nitrogens with zero attached hydrogens (tertiary/aromatic N) is 2. The van der Waals surface area contributed by atoms with Gasteiger partial charge in [-0.1, -0.05) is 13.0 Å². The topological polar surface area (TPSA) is 57.3 Å². The summed E-state index contributed by atoms with van der Waals surface area (Å²) >= 11 is 0. The van der Waals surface area contributed by atoms with Gasteiger partial charge in [0.2, 0.25) is 5.91 Å². The Balaban J connectivity index is 2.14. The summed E-state index contributed by atoms with van der Waals surface area (Å²) in [6.45, 7) is 9.29. The van der Waals surface area contributed by atoms with Crippen LogP contribution in [-0.2, 0) is 11.3 Å². The Hall–Kier alpha value is -1.62. The van der Waals surface area contributed by atoms with Crippen molar-refractivity contribution < 1.29 is 4.79 Å². The van der Waals surface area contributed by atoms with Crippen LogP contribution >= 0.6 is 0 Å². The molecule has 2 rings (SSSR count). The third kappa shape index (κ3) is 3.10. The van der Waals surface area contributed by atoms with Crippen molar-refractivity contribution in [3.8, 4) is 0 Å². The number of amides is 1. The molecule has 2 N–H and O–H groups in total. The van der Waals surface area contributed by atoms with Gasteiger partial charge < -0.3 is 10.6 Å². The van der Waals surface area contributed by atoms with Crippen LogP contribution in [0.1, 0.15) is 32.8 Å². The maximum atomic E-state index is 12.0. The lowest BCUT2D eigenvalue weighted by Gasteiger charge is -2.41. The molecule has 0 atom stereocenters. The van der Waals surface area contributed by atoms with Crippen LogP contribution in [0.2, 0.25) is 0 Å². The summed E-state index contributed by atoms with van der Waals surface area (Å²) in [7, 11) is 0. The van der Waals surface area contributed by atoms with Crippen molar-refractivity contribution in [1.82, 2.24) is 15.2 Å². The highest BCUT2D eigenvalue weighted by Gasteiger charge is 2.37. The number of carbonyl (C=O) groups excluding carboxylic acids is 1. The number of rotatable bonds is 5. The predicted molar refractivity (Wildman–Crippen MR) is 80.5 cm³/mol. The summed E-state index contributed by atoms with van der Waals surface area (Å²) in [6.07, 6.45) is 2.86. The molecule has 1 aliphatic heterocycles. The number of piperazine rings is 1. The molecule has 1 aliphatic rings. The molecular weight excluding hydrogens is 252 g/mol. The Morgan fingerprint density at radius 3 is 3.05 bits per heavy atom. The lowest BCUT2D eigenvalue weighted by molar-refractivity contribution is -0.135. The molecule has 0 unspecified atom stereocenters. The fourth-order valence-corrected chi connectivity index (χ4v) is 2.39. The molecule has 20 heavy (non-hydrogen) atoms. The lowest BCUT2D eigenvalue weighted by Crippen LogP contribution is -2.61. The molecule has 0 spiro atoms. The van der Waals surface area contributed by atoms with Crippen LogP contribution in [0.3, 0.4) is 0 Å². The molecule has 1 saturated heterocycles. The minimum Gasteiger partial charge on any atom is -0.370 e. The smallest absolute Gasteiger partial charge is 0.240 e. The number of hydrogen-bond donors (Lipinski definition) is 2. The second kappa shape index (κ2) is 6.22. The molecule has 110 valence electrons. The second-order valence-electron chi connectivity index (χ2n) is 5.67. The first kappa shape index (κ1) is 14.8. The Morgan fingerprint density at radius 2 is 2.30 bits per heavy atom. The zero-order valence-corrected chi connectivity index (χ0v) is 12.6. The minimum atomic E-state index is -0.476. The molecule has 5 heteroatoms. The van der Waals surface area contributed by atoms with E-state index in [2.05, 4.69) is 33.5 Å². The summed E-state index contributed by atoms with van der Waals surface area (Å²) < 4.78 is 0. The summed E-state index contributed by atoms with van der Waals surface area (Å²) in [5.41, 5.74) is 0.666. The second-order valence-corrected chi connectivity index (χ2v) is 5.67. The van der Waals surface area contributed by atoms with Gasteiger partial charge in [0.1, 0.15) is 5.82 Å². The van der Waals surface area contributed by atoms with Crippen LogP contribution in [0, 0.1) is 0 Å². The normalized spacial score (nSPS) is 18.6. The van der Waals surface area contributed by atoms with E-state index in [0.29, 0.717) is 6.54 Å². The van der Waals surface area contributed by atoms with E-state index < -0.39 is 5.54 Å². The summed E-state index contributed by atoms with van der Waals surface area (Å²) in [6, 6.07) is 4.02. The average molecular weight is 276 g/mol. The molecule has 0 radical (unpaired) electrons. The van der Waals surface area contributed by atoms with Crippen molar-refractivity contribution in [1.29, 1.82) is 0 Å². The van der Waals surface area contributed by atoms with E-state index in [1.807, 2.05) is 19.9 Å². The van der Waals surface area contributed by atoms with Crippen molar-refractivity contribution in [2.45, 2.75) is 39.3 Å². The minimum absolute atomic E-state index is 0.0932. The van der Waals surface area contributed by atoms with Gasteiger partial charge in [0.25, 0.3) is 0 Å². The highest BCUT2D eigenvalue weighted by Crippen LogP contribution is 2.23. The zero-order chi connectivity index (χ0) is 14.6. The zero-order valence-electron chi connectivity index (χ0n) is 12.6. The number of hydrogen-bond acceptors (Lipinski definition) is 4. The van der Waals surface area contributed by atoms with Crippen molar-refractivity contribution >= 4 is 11.7 Å². The van der Waals surface area contributed by atoms with E-state index in [9.17, 15) is 4.79 Å². The van der Waals surface area contributed by atoms with E-state index in [-0.39, 0.29) is 5.91 Å². The SMILES string of the molecule is CCCNc1ncccc1CN1CCNC(=O)C1(C)C. The van der Waals surface area contributed by atoms with Gasteiger partial charge in [-0.3, -0.25) is 9.69 Å². The largest absolute Gasteiger partial charge is 0.370 e. The standard InChI is InChI=1S/C15H24N4O/c1-4-7-16-13-12(6-5-8-17-13)11-19-10-9-18-14(20)15(19,2)3/h5-6,8H,4,7,9-11H2,1-3H3,(H,16,17)(H,18,20). The molecule has 2 heterocycles. The first-order valence-electron chi connectivity index (χ1n) is 7.27. The Labute approximate surface area is 120 Å². The van der Waals surface area contributed by atoms with E-state index >= 15 is 0 Å². The lowest BCUT2D eigenvalue weighted by atomic mass is 9.98. The molecule has 5 nitrogen and oxygen atoms in total. The number of nitrogens with one attached hydrogen (secondary N) is 2. The average Bonchev–Trinajstić information content (AvgIpc) is 2.43. The van der Waals surface area contributed by atoms with E-state index in [4.69, 9.17) is 0 Å². The Morgan fingerprint density at radius 1 is 1.50 bits per heavy atom. The van der Waals surface area contributed by atoms with Crippen molar-refractivity contribution in [3.05, 3.63) is 23.9 Å². The highest BCUT2D eigenvalue weighted by atomic mass is 16.2. The molecule has 0 aromatic carbocycles. The maximum absolute atomic E-state index is 12.0. The fraction of sp³-hybridized carbons (Fsp3) is 0.600. The van der Waals surface area contributed by atoms with Gasteiger partial charge in [0.15, 0.2) is 0 Å². The number of aromatic nitrogens is 1. The first-order chi connectivity index (χ1) is 9.55. The Bertz CT molecular complexity index is 473. The molecule has 1 aromatic rings. The van der Waals surface area contributed by atoms with Crippen LogP contribution in [0.15, 0.2) is 18.3 Å². The van der Waals surface area contributed by atoms with Crippen LogP contribution in [0.25, 0.3) is 0 Å². The summed E-state index contributed by atoms with van der Waals surface area (Å²) in [5, 5.41) is 6.28. The first-order valence-corrected chi connectivity index (χ1v) is 7.27. The Kier molecular flexibility index (Phi) is 4.60. The number of carbonyl (C=O) groups is 1. The van der Waals surface area contributed by atoms with Gasteiger partial charge in [-0.05, 0) is 26.3 Å². The van der Waals surface area contributed by atoms with Crippen LogP contribution in [0.4, 0.5) is 5.82 Å². The van der Waals surface area contributed by atoms with E-state index in [1.54, 1.807) is 6.20 Å². The van der Waals surface area contributed by atoms with Crippen molar-refractivity contribution in [2.75, 3.05) is 25.0 Å². The number of anilines is 1. The molecule has 0 aliphatic carbocycles. The van der Waals surface area contributed by atoms with Crippen LogP contribution in [0.5, 0.6) is 0 Å². The van der Waals surface area contributed by atoms with Gasteiger partial charge in [0.05, 0.1) is 5.54 Å². The van der Waals surface area contributed by atoms with Gasteiger partial charge >= 0.3 is 0 Å². The predicted octanol–water partition coefficient (Wildman–Crippen LogP) is 1.61. The third-order valence-corrected chi connectivity index (χ3v) is 3.81. The van der Waals surface area contributed by atoms with Gasteiger partial charge in [-0.25, -0.2) is 4.98 Å². The number of pyridine rings is 1. The van der Waals surface area contributed by atoms with E-state index in [0.717, 1.165) is 37.4 Å². The molecule has 0 bridgehead atoms. The maximum Gasteiger partial charge on any atom is 0.240 e. The quantitative estimate of drug-likeness (QED) is 0.858. The summed E-state index contributed by atoms with van der Waals surface area (Å²) in [4.78, 5) is 18.6. The molecule has 1 fully saturated rings. The van der Waals surface area contributed by atoms with Crippen LogP contribution < -0.4 is 10.6 Å². The van der Waals surface area contributed by atoms with Gasteiger partial charge in [0, 0.05) is 37.9 Å². The fourth-order valence-electron chi connectivity index (χ4n) is 2.39. The molecular formula is C15H24N4O. The monoisotopic (exact) mass is 276 g/mol. The summed E-state index contributed by atoms with van der Waals surface area (Å²) in [5.74, 6) is 1.02. The van der Waals surface area contributed by atoms with Crippen LogP contribution in [-0.4, -0.2) is 41.0 Å². The van der Waals surface area contributed by atoms with Crippen molar-refractivity contribution in [2.24, 2.45) is 0 Å². The van der Waals surface area contributed by atoms with E-state index in [1.165, 1.54) is 0 Å². The van der Waals surface area contributed by atoms with Gasteiger partial charge in [-0.2, -0.15) is 0 Å². The molecule has 1 aromatic heterocycles.